The Morgan fingerprint density at radius 2 is 1.96 bits per heavy atom. The summed E-state index contributed by atoms with van der Waals surface area (Å²) >= 11 is 0. The summed E-state index contributed by atoms with van der Waals surface area (Å²) in [6, 6.07) is 8.70. The normalized spacial score (nSPS) is 10.4. The van der Waals surface area contributed by atoms with Gasteiger partial charge in [0, 0.05) is 24.8 Å². The van der Waals surface area contributed by atoms with Crippen LogP contribution < -0.4 is 4.90 Å². The molecule has 0 aliphatic carbocycles. The van der Waals surface area contributed by atoms with Gasteiger partial charge in [0.15, 0.2) is 11.4 Å². The number of aromatic amines is 1. The number of nitrogens with zero attached hydrogens (tertiary/aromatic N) is 6. The lowest BCUT2D eigenvalue weighted by molar-refractivity contribution is 0.476. The number of aromatic nitrogens is 2. The molecule has 0 saturated heterocycles. The van der Waals surface area contributed by atoms with E-state index in [1.54, 1.807) is 18.2 Å². The van der Waals surface area contributed by atoms with E-state index < -0.39 is 0 Å². The summed E-state index contributed by atoms with van der Waals surface area (Å²) < 4.78 is 0. The van der Waals surface area contributed by atoms with E-state index in [0.29, 0.717) is 0 Å². The minimum Gasteiger partial charge on any atom is -0.506 e. The number of imidazole rings is 1. The quantitative estimate of drug-likeness (QED) is 0.821. The molecule has 1 aromatic carbocycles. The number of azo groups is 1. The first-order chi connectivity index (χ1) is 11.1. The first kappa shape index (κ1) is 16.0. The zero-order valence-electron chi connectivity index (χ0n) is 12.8. The minimum atomic E-state index is -0.0393. The predicted octanol–water partition coefficient (Wildman–Crippen LogP) is 3.12. The van der Waals surface area contributed by atoms with Gasteiger partial charge in [-0.2, -0.15) is 15.5 Å². The average Bonchev–Trinajstić information content (AvgIpc) is 2.97. The average molecular weight is 309 g/mol. The van der Waals surface area contributed by atoms with Gasteiger partial charge in [-0.3, -0.25) is 0 Å². The Bertz CT molecular complexity index is 775. The summed E-state index contributed by atoms with van der Waals surface area (Å²) in [5, 5.41) is 35.4. The van der Waals surface area contributed by atoms with Crippen LogP contribution in [0.25, 0.3) is 0 Å². The number of benzene rings is 1. The van der Waals surface area contributed by atoms with Crippen molar-refractivity contribution in [2.24, 2.45) is 10.2 Å². The Morgan fingerprint density at radius 3 is 2.48 bits per heavy atom. The molecule has 0 bridgehead atoms. The van der Waals surface area contributed by atoms with Crippen molar-refractivity contribution in [2.75, 3.05) is 18.0 Å². The van der Waals surface area contributed by atoms with E-state index in [4.69, 9.17) is 10.5 Å². The Morgan fingerprint density at radius 1 is 1.22 bits per heavy atom. The highest BCUT2D eigenvalue weighted by molar-refractivity contribution is 5.61. The van der Waals surface area contributed by atoms with Gasteiger partial charge in [0.2, 0.25) is 5.95 Å². The molecule has 0 aliphatic heterocycles. The Labute approximate surface area is 133 Å². The molecule has 0 aliphatic rings. The van der Waals surface area contributed by atoms with Gasteiger partial charge in [0.25, 0.3) is 0 Å². The van der Waals surface area contributed by atoms with Gasteiger partial charge >= 0.3 is 0 Å². The molecule has 1 aromatic heterocycles. The lowest BCUT2D eigenvalue weighted by Gasteiger charge is -2.21. The Balaban J connectivity index is 2.25. The van der Waals surface area contributed by atoms with Gasteiger partial charge in [-0.15, -0.1) is 10.2 Å². The second kappa shape index (κ2) is 7.05. The van der Waals surface area contributed by atoms with E-state index in [-0.39, 0.29) is 28.8 Å². The van der Waals surface area contributed by atoms with Crippen LogP contribution in [0, 0.1) is 22.7 Å². The van der Waals surface area contributed by atoms with Crippen LogP contribution in [0.5, 0.6) is 5.75 Å². The monoisotopic (exact) mass is 309 g/mol. The number of hydrogen-bond acceptors (Lipinski definition) is 7. The van der Waals surface area contributed by atoms with Gasteiger partial charge < -0.3 is 15.0 Å². The van der Waals surface area contributed by atoms with Crippen LogP contribution in [-0.4, -0.2) is 28.2 Å². The third-order valence-electron chi connectivity index (χ3n) is 3.25. The molecule has 2 N–H and O–H groups in total. The summed E-state index contributed by atoms with van der Waals surface area (Å²) in [6.45, 7) is 5.73. The lowest BCUT2D eigenvalue weighted by atomic mass is 10.2. The number of aromatic hydroxyl groups is 1. The zero-order chi connectivity index (χ0) is 16.8. The highest BCUT2D eigenvalue weighted by atomic mass is 16.3. The molecule has 2 rings (SSSR count). The number of anilines is 1. The number of phenols is 1. The fraction of sp³-hybridized carbons (Fsp3) is 0.267. The third-order valence-corrected chi connectivity index (χ3v) is 3.25. The standard InChI is InChI=1S/C15H15N7O/c1-3-22(4-2)10-5-6-11(14(23)7-10)20-21-15-18-12(8-16)13(9-17)19-15/h5-7,23H,3-4H2,1-2H3,(H,18,19). The number of nitrogens with one attached hydrogen (secondary N) is 1. The second-order valence-electron chi connectivity index (χ2n) is 4.55. The van der Waals surface area contributed by atoms with Crippen LogP contribution in [0.1, 0.15) is 25.2 Å². The smallest absolute Gasteiger partial charge is 0.249 e. The topological polar surface area (TPSA) is 124 Å². The summed E-state index contributed by atoms with van der Waals surface area (Å²) in [4.78, 5) is 8.49. The van der Waals surface area contributed by atoms with Crippen LogP contribution >= 0.6 is 0 Å². The van der Waals surface area contributed by atoms with Gasteiger partial charge in [0.1, 0.15) is 23.6 Å². The van der Waals surface area contributed by atoms with Crippen LogP contribution in [0.15, 0.2) is 28.4 Å². The van der Waals surface area contributed by atoms with Crippen molar-refractivity contribution in [1.29, 1.82) is 10.5 Å². The number of rotatable bonds is 5. The van der Waals surface area contributed by atoms with Crippen molar-refractivity contribution < 1.29 is 5.11 Å². The van der Waals surface area contributed by atoms with Crippen LogP contribution in [0.3, 0.4) is 0 Å². The van der Waals surface area contributed by atoms with Crippen LogP contribution in [0.4, 0.5) is 17.3 Å². The summed E-state index contributed by atoms with van der Waals surface area (Å²) in [5.41, 5.74) is 1.16. The van der Waals surface area contributed by atoms with E-state index >= 15 is 0 Å². The maximum absolute atomic E-state index is 10.0. The molecule has 0 atom stereocenters. The number of nitriles is 2. The molecule has 0 unspecified atom stereocenters. The molecule has 116 valence electrons. The number of phenolic OH excluding ortho intramolecular Hbond substituents is 1. The largest absolute Gasteiger partial charge is 0.506 e. The zero-order valence-corrected chi connectivity index (χ0v) is 12.8. The Hall–Kier alpha value is -3.39. The fourth-order valence-electron chi connectivity index (χ4n) is 2.05. The van der Waals surface area contributed by atoms with Gasteiger partial charge in [0.05, 0.1) is 0 Å². The van der Waals surface area contributed by atoms with E-state index in [1.165, 1.54) is 0 Å². The molecule has 1 heterocycles. The maximum Gasteiger partial charge on any atom is 0.249 e. The fourth-order valence-corrected chi connectivity index (χ4v) is 2.05. The molecular weight excluding hydrogens is 294 g/mol. The highest BCUT2D eigenvalue weighted by Crippen LogP contribution is 2.32. The summed E-state index contributed by atoms with van der Waals surface area (Å²) in [6.07, 6.45) is 0. The molecule has 8 heteroatoms. The van der Waals surface area contributed by atoms with Gasteiger partial charge in [-0.05, 0) is 26.0 Å². The van der Waals surface area contributed by atoms with E-state index in [2.05, 4.69) is 25.1 Å². The van der Waals surface area contributed by atoms with Gasteiger partial charge in [-0.25, -0.2) is 0 Å². The van der Waals surface area contributed by atoms with E-state index in [9.17, 15) is 5.11 Å². The molecule has 23 heavy (non-hydrogen) atoms. The van der Waals surface area contributed by atoms with Crippen molar-refractivity contribution in [3.63, 3.8) is 0 Å². The van der Waals surface area contributed by atoms with Crippen molar-refractivity contribution in [1.82, 2.24) is 9.97 Å². The third kappa shape index (κ3) is 3.44. The molecule has 0 saturated carbocycles. The first-order valence-corrected chi connectivity index (χ1v) is 7.02. The second-order valence-corrected chi connectivity index (χ2v) is 4.55. The lowest BCUT2D eigenvalue weighted by Crippen LogP contribution is -2.21. The van der Waals surface area contributed by atoms with Crippen molar-refractivity contribution in [3.05, 3.63) is 29.6 Å². The molecule has 0 fully saturated rings. The van der Waals surface area contributed by atoms with Crippen molar-refractivity contribution >= 4 is 17.3 Å². The first-order valence-electron chi connectivity index (χ1n) is 7.02. The maximum atomic E-state index is 10.0. The molecule has 2 aromatic rings. The minimum absolute atomic E-state index is 0.00859. The van der Waals surface area contributed by atoms with Crippen LogP contribution in [-0.2, 0) is 0 Å². The SMILES string of the molecule is CCN(CC)c1ccc(N=Nc2nc(C#N)c(C#N)[nH]2)c(O)c1. The number of H-pyrrole nitrogens is 1. The van der Waals surface area contributed by atoms with Crippen LogP contribution in [0.2, 0.25) is 0 Å². The molecule has 0 amide bonds. The van der Waals surface area contributed by atoms with Gasteiger partial charge in [-0.1, -0.05) is 0 Å². The van der Waals surface area contributed by atoms with Crippen molar-refractivity contribution in [2.45, 2.75) is 13.8 Å². The molecule has 0 spiro atoms. The van der Waals surface area contributed by atoms with E-state index in [1.807, 2.05) is 26.0 Å². The predicted molar refractivity (Wildman–Crippen MR) is 83.9 cm³/mol. The molecular formula is C15H15N7O. The molecule has 8 nitrogen and oxygen atoms in total. The summed E-state index contributed by atoms with van der Waals surface area (Å²) in [7, 11) is 0. The number of hydrogen-bond donors (Lipinski definition) is 2. The highest BCUT2D eigenvalue weighted by Gasteiger charge is 2.09. The Kier molecular flexibility index (Phi) is 4.90. The van der Waals surface area contributed by atoms with Crippen molar-refractivity contribution in [3.8, 4) is 17.9 Å². The summed E-state index contributed by atoms with van der Waals surface area (Å²) in [5.74, 6) is 0.0241. The van der Waals surface area contributed by atoms with E-state index in [0.717, 1.165) is 18.8 Å². The molecule has 0 radical (unpaired) electrons.